The molecular formula is C14H23N5S. The summed E-state index contributed by atoms with van der Waals surface area (Å²) >= 11 is 1.69. The van der Waals surface area contributed by atoms with Crippen LogP contribution in [-0.4, -0.2) is 41.5 Å². The van der Waals surface area contributed by atoms with E-state index in [0.29, 0.717) is 12.0 Å². The van der Waals surface area contributed by atoms with E-state index < -0.39 is 0 Å². The lowest BCUT2D eigenvalue weighted by Gasteiger charge is -2.17. The molecule has 1 atom stereocenters. The van der Waals surface area contributed by atoms with E-state index in [9.17, 15) is 0 Å². The van der Waals surface area contributed by atoms with E-state index in [-0.39, 0.29) is 0 Å². The molecule has 0 amide bonds. The molecule has 2 aromatic rings. The molecule has 0 aliphatic rings. The van der Waals surface area contributed by atoms with Gasteiger partial charge >= 0.3 is 0 Å². The van der Waals surface area contributed by atoms with Crippen LogP contribution < -0.4 is 11.1 Å². The summed E-state index contributed by atoms with van der Waals surface area (Å²) in [6.07, 6.45) is 2.07. The predicted molar refractivity (Wildman–Crippen MR) is 87.5 cm³/mol. The fourth-order valence-electron chi connectivity index (χ4n) is 2.03. The van der Waals surface area contributed by atoms with Gasteiger partial charge in [-0.15, -0.1) is 11.3 Å². The van der Waals surface area contributed by atoms with Crippen molar-refractivity contribution in [3.63, 3.8) is 0 Å². The third-order valence-corrected chi connectivity index (χ3v) is 4.38. The second-order valence-electron chi connectivity index (χ2n) is 5.35. The van der Waals surface area contributed by atoms with Crippen LogP contribution in [0, 0.1) is 0 Å². The van der Waals surface area contributed by atoms with Gasteiger partial charge in [0.05, 0.1) is 5.39 Å². The maximum Gasteiger partial charge on any atom is 0.223 e. The molecule has 2 aromatic heterocycles. The molecule has 1 unspecified atom stereocenters. The Morgan fingerprint density at radius 1 is 1.40 bits per heavy atom. The van der Waals surface area contributed by atoms with Gasteiger partial charge in [-0.3, -0.25) is 0 Å². The summed E-state index contributed by atoms with van der Waals surface area (Å²) in [7, 11) is 4.17. The van der Waals surface area contributed by atoms with Gasteiger partial charge in [-0.25, -0.2) is 4.98 Å². The highest BCUT2D eigenvalue weighted by atomic mass is 32.1. The summed E-state index contributed by atoms with van der Waals surface area (Å²) in [6.45, 7) is 5.36. The molecule has 0 aliphatic carbocycles. The lowest BCUT2D eigenvalue weighted by molar-refractivity contribution is 0.390. The second kappa shape index (κ2) is 6.37. The van der Waals surface area contributed by atoms with Crippen molar-refractivity contribution < 1.29 is 0 Å². The van der Waals surface area contributed by atoms with Gasteiger partial charge in [-0.05, 0) is 46.5 Å². The van der Waals surface area contributed by atoms with E-state index >= 15 is 0 Å². The van der Waals surface area contributed by atoms with Crippen LogP contribution in [0.5, 0.6) is 0 Å². The SMILES string of the molecule is CCc1cc2c(NC(C)CCN(C)C)nc(N)nc2s1. The predicted octanol–water partition coefficient (Wildman–Crippen LogP) is 2.59. The zero-order valence-corrected chi connectivity index (χ0v) is 13.4. The fourth-order valence-corrected chi connectivity index (χ4v) is 3.00. The summed E-state index contributed by atoms with van der Waals surface area (Å²) in [5.41, 5.74) is 5.81. The summed E-state index contributed by atoms with van der Waals surface area (Å²) in [4.78, 5) is 13.1. The molecule has 0 saturated carbocycles. The molecule has 2 heterocycles. The van der Waals surface area contributed by atoms with Crippen LogP contribution in [0.1, 0.15) is 25.1 Å². The normalized spacial score (nSPS) is 13.1. The van der Waals surface area contributed by atoms with Gasteiger partial charge in [0.2, 0.25) is 5.95 Å². The molecule has 0 saturated heterocycles. The van der Waals surface area contributed by atoms with Crippen molar-refractivity contribution in [2.45, 2.75) is 32.7 Å². The van der Waals surface area contributed by atoms with Crippen LogP contribution in [-0.2, 0) is 6.42 Å². The molecule has 0 bridgehead atoms. The van der Waals surface area contributed by atoms with Gasteiger partial charge in [0.15, 0.2) is 0 Å². The Labute approximate surface area is 124 Å². The number of aromatic nitrogens is 2. The molecule has 0 fully saturated rings. The number of thiophene rings is 1. The van der Waals surface area contributed by atoms with E-state index in [1.54, 1.807) is 11.3 Å². The Morgan fingerprint density at radius 3 is 2.80 bits per heavy atom. The molecule has 0 spiro atoms. The van der Waals surface area contributed by atoms with E-state index in [4.69, 9.17) is 5.73 Å². The van der Waals surface area contributed by atoms with Crippen LogP contribution >= 0.6 is 11.3 Å². The first-order valence-electron chi connectivity index (χ1n) is 6.96. The van der Waals surface area contributed by atoms with Crippen molar-refractivity contribution in [2.24, 2.45) is 0 Å². The van der Waals surface area contributed by atoms with E-state index in [0.717, 1.165) is 35.4 Å². The summed E-state index contributed by atoms with van der Waals surface area (Å²) < 4.78 is 0. The van der Waals surface area contributed by atoms with Gasteiger partial charge in [0, 0.05) is 10.9 Å². The third-order valence-electron chi connectivity index (χ3n) is 3.20. The van der Waals surface area contributed by atoms with E-state index in [1.807, 2.05) is 0 Å². The Balaban J connectivity index is 2.21. The number of anilines is 2. The average Bonchev–Trinajstić information content (AvgIpc) is 2.79. The van der Waals surface area contributed by atoms with Crippen LogP contribution in [0.2, 0.25) is 0 Å². The molecule has 0 radical (unpaired) electrons. The Kier molecular flexibility index (Phi) is 4.77. The molecule has 5 nitrogen and oxygen atoms in total. The number of nitrogen functional groups attached to an aromatic ring is 1. The van der Waals surface area contributed by atoms with Crippen LogP contribution in [0.25, 0.3) is 10.2 Å². The topological polar surface area (TPSA) is 67.1 Å². The Hall–Kier alpha value is -1.40. The average molecular weight is 293 g/mol. The number of nitrogens with one attached hydrogen (secondary N) is 1. The second-order valence-corrected chi connectivity index (χ2v) is 6.47. The van der Waals surface area contributed by atoms with Gasteiger partial charge in [-0.2, -0.15) is 4.98 Å². The minimum atomic E-state index is 0.337. The van der Waals surface area contributed by atoms with Crippen LogP contribution in [0.4, 0.5) is 11.8 Å². The maximum atomic E-state index is 5.81. The van der Waals surface area contributed by atoms with Crippen molar-refractivity contribution >= 4 is 33.3 Å². The summed E-state index contributed by atoms with van der Waals surface area (Å²) in [5.74, 6) is 1.19. The van der Waals surface area contributed by atoms with Crippen LogP contribution in [0.15, 0.2) is 6.07 Å². The smallest absolute Gasteiger partial charge is 0.223 e. The summed E-state index contributed by atoms with van der Waals surface area (Å²) in [5, 5.41) is 4.55. The number of hydrogen-bond acceptors (Lipinski definition) is 6. The van der Waals surface area contributed by atoms with Crippen molar-refractivity contribution in [3.05, 3.63) is 10.9 Å². The summed E-state index contributed by atoms with van der Waals surface area (Å²) in [6, 6.07) is 2.51. The minimum absolute atomic E-state index is 0.337. The molecule has 20 heavy (non-hydrogen) atoms. The number of nitrogens with zero attached hydrogens (tertiary/aromatic N) is 3. The number of aryl methyl sites for hydroxylation is 1. The maximum absolute atomic E-state index is 5.81. The lowest BCUT2D eigenvalue weighted by Crippen LogP contribution is -2.23. The molecule has 0 aliphatic heterocycles. The van der Waals surface area contributed by atoms with Crippen molar-refractivity contribution in [1.82, 2.24) is 14.9 Å². The number of fused-ring (bicyclic) bond motifs is 1. The van der Waals surface area contributed by atoms with Crippen LogP contribution in [0.3, 0.4) is 0 Å². The first-order valence-corrected chi connectivity index (χ1v) is 7.78. The fraction of sp³-hybridized carbons (Fsp3) is 0.571. The molecule has 0 aromatic carbocycles. The largest absolute Gasteiger partial charge is 0.368 e. The lowest BCUT2D eigenvalue weighted by atomic mass is 10.2. The van der Waals surface area contributed by atoms with E-state index in [2.05, 4.69) is 54.2 Å². The van der Waals surface area contributed by atoms with E-state index in [1.165, 1.54) is 4.88 Å². The Bertz CT molecular complexity index is 578. The van der Waals surface area contributed by atoms with Crippen molar-refractivity contribution in [3.8, 4) is 0 Å². The Morgan fingerprint density at radius 2 is 2.15 bits per heavy atom. The van der Waals surface area contributed by atoms with Gasteiger partial charge in [-0.1, -0.05) is 6.92 Å². The van der Waals surface area contributed by atoms with Crippen molar-refractivity contribution in [2.75, 3.05) is 31.7 Å². The highest BCUT2D eigenvalue weighted by Gasteiger charge is 2.12. The number of hydrogen-bond donors (Lipinski definition) is 2. The zero-order chi connectivity index (χ0) is 14.7. The number of rotatable bonds is 6. The highest BCUT2D eigenvalue weighted by Crippen LogP contribution is 2.30. The monoisotopic (exact) mass is 293 g/mol. The first kappa shape index (κ1) is 15.0. The minimum Gasteiger partial charge on any atom is -0.368 e. The highest BCUT2D eigenvalue weighted by molar-refractivity contribution is 7.18. The first-order chi connectivity index (χ1) is 9.49. The quantitative estimate of drug-likeness (QED) is 0.857. The standard InChI is InChI=1S/C14H23N5S/c1-5-10-8-11-12(16-9(2)6-7-19(3)4)17-14(15)18-13(11)20-10/h8-9H,5-7H2,1-4H3,(H3,15,16,17,18). The molecule has 2 rings (SSSR count). The molecule has 110 valence electrons. The van der Waals surface area contributed by atoms with Crippen molar-refractivity contribution in [1.29, 1.82) is 0 Å². The molecule has 3 N–H and O–H groups in total. The van der Waals surface area contributed by atoms with Gasteiger partial charge < -0.3 is 16.0 Å². The number of nitrogens with two attached hydrogens (primary N) is 1. The van der Waals surface area contributed by atoms with Gasteiger partial charge in [0.1, 0.15) is 10.6 Å². The molecule has 6 heteroatoms. The molecular weight excluding hydrogens is 270 g/mol. The third kappa shape index (κ3) is 3.58. The zero-order valence-electron chi connectivity index (χ0n) is 12.6. The van der Waals surface area contributed by atoms with Gasteiger partial charge in [0.25, 0.3) is 0 Å².